The first-order valence-electron chi connectivity index (χ1n) is 6.47. The van der Waals surface area contributed by atoms with Crippen molar-refractivity contribution in [1.29, 1.82) is 0 Å². The highest BCUT2D eigenvalue weighted by Gasteiger charge is 2.41. The molecular formula is C13H15ClN2O3S. The molecule has 0 aliphatic carbocycles. The van der Waals surface area contributed by atoms with Gasteiger partial charge in [0.2, 0.25) is 5.91 Å². The van der Waals surface area contributed by atoms with Crippen molar-refractivity contribution >= 4 is 27.3 Å². The maximum absolute atomic E-state index is 12.1. The molecule has 0 saturated carbocycles. The lowest BCUT2D eigenvalue weighted by molar-refractivity contribution is -0.129. The van der Waals surface area contributed by atoms with E-state index in [2.05, 4.69) is 5.32 Å². The van der Waals surface area contributed by atoms with Gasteiger partial charge in [-0.25, -0.2) is 8.42 Å². The zero-order chi connectivity index (χ0) is 14.3. The van der Waals surface area contributed by atoms with Crippen molar-refractivity contribution in [2.75, 3.05) is 18.1 Å². The summed E-state index contributed by atoms with van der Waals surface area (Å²) < 4.78 is 23.2. The minimum atomic E-state index is -3.01. The fraction of sp³-hybridized carbons (Fsp3) is 0.462. The van der Waals surface area contributed by atoms with Crippen LogP contribution in [-0.4, -0.2) is 43.3 Å². The fourth-order valence-electron chi connectivity index (χ4n) is 2.85. The molecule has 1 amide bonds. The van der Waals surface area contributed by atoms with Crippen molar-refractivity contribution in [2.45, 2.75) is 18.6 Å². The third-order valence-electron chi connectivity index (χ3n) is 3.80. The summed E-state index contributed by atoms with van der Waals surface area (Å²) in [6, 6.07) is 7.02. The highest BCUT2D eigenvalue weighted by atomic mass is 35.5. The Balaban J connectivity index is 1.87. The van der Waals surface area contributed by atoms with Gasteiger partial charge in [-0.3, -0.25) is 10.1 Å². The lowest BCUT2D eigenvalue weighted by Gasteiger charge is -2.29. The first kappa shape index (κ1) is 13.9. The fourth-order valence-corrected chi connectivity index (χ4v) is 4.69. The van der Waals surface area contributed by atoms with Crippen LogP contribution in [0.4, 0.5) is 0 Å². The highest BCUT2D eigenvalue weighted by molar-refractivity contribution is 7.91. The van der Waals surface area contributed by atoms with Crippen molar-refractivity contribution in [1.82, 2.24) is 10.2 Å². The van der Waals surface area contributed by atoms with Crippen molar-refractivity contribution in [2.24, 2.45) is 0 Å². The minimum absolute atomic E-state index is 0.0490. The molecule has 2 atom stereocenters. The number of amides is 1. The van der Waals surface area contributed by atoms with Crippen LogP contribution >= 0.6 is 11.6 Å². The Kier molecular flexibility index (Phi) is 3.48. The van der Waals surface area contributed by atoms with E-state index in [0.717, 1.165) is 5.56 Å². The van der Waals surface area contributed by atoms with E-state index in [-0.39, 0.29) is 36.2 Å². The van der Waals surface area contributed by atoms with Gasteiger partial charge in [-0.15, -0.1) is 0 Å². The maximum atomic E-state index is 12.1. The third kappa shape index (κ3) is 2.55. The molecule has 2 aliphatic heterocycles. The molecule has 0 radical (unpaired) electrons. The molecule has 0 spiro atoms. The van der Waals surface area contributed by atoms with Gasteiger partial charge in [0.1, 0.15) is 6.17 Å². The summed E-state index contributed by atoms with van der Waals surface area (Å²) in [7, 11) is -3.01. The number of benzene rings is 1. The third-order valence-corrected chi connectivity index (χ3v) is 5.80. The van der Waals surface area contributed by atoms with E-state index in [1.807, 2.05) is 12.1 Å². The molecule has 0 aromatic heterocycles. The molecule has 1 aromatic carbocycles. The van der Waals surface area contributed by atoms with E-state index in [0.29, 0.717) is 11.4 Å². The Morgan fingerprint density at radius 1 is 1.25 bits per heavy atom. The van der Waals surface area contributed by atoms with Crippen molar-refractivity contribution in [3.8, 4) is 0 Å². The van der Waals surface area contributed by atoms with Crippen LogP contribution in [0.2, 0.25) is 5.02 Å². The van der Waals surface area contributed by atoms with Crippen LogP contribution in [0.15, 0.2) is 24.3 Å². The van der Waals surface area contributed by atoms with Crippen LogP contribution in [-0.2, 0) is 14.6 Å². The van der Waals surface area contributed by atoms with Crippen molar-refractivity contribution in [3.63, 3.8) is 0 Å². The van der Waals surface area contributed by atoms with Gasteiger partial charge in [0.05, 0.1) is 18.1 Å². The minimum Gasteiger partial charge on any atom is -0.318 e. The summed E-state index contributed by atoms with van der Waals surface area (Å²) in [5.74, 6) is 0.172. The Hall–Kier alpha value is -1.11. The van der Waals surface area contributed by atoms with Gasteiger partial charge in [-0.05, 0) is 24.1 Å². The summed E-state index contributed by atoms with van der Waals surface area (Å²) in [6.07, 6.45) is 0.248. The Morgan fingerprint density at radius 2 is 1.95 bits per heavy atom. The van der Waals surface area contributed by atoms with Crippen LogP contribution in [0.3, 0.4) is 0 Å². The standard InChI is InChI=1S/C13H15ClN2O3S/c14-10-3-1-9(2-4-10)13-15-7-12(17)16(13)11-5-6-20(18,19)8-11/h1-4,11,13,15H,5-8H2. The second-order valence-corrected chi connectivity index (χ2v) is 7.86. The average molecular weight is 315 g/mol. The molecule has 2 heterocycles. The lowest BCUT2D eigenvalue weighted by Crippen LogP contribution is -2.40. The molecule has 3 rings (SSSR count). The van der Waals surface area contributed by atoms with Crippen LogP contribution in [0, 0.1) is 0 Å². The lowest BCUT2D eigenvalue weighted by atomic mass is 10.1. The van der Waals surface area contributed by atoms with E-state index in [9.17, 15) is 13.2 Å². The molecule has 20 heavy (non-hydrogen) atoms. The number of rotatable bonds is 2. The highest BCUT2D eigenvalue weighted by Crippen LogP contribution is 2.30. The number of nitrogens with zero attached hydrogens (tertiary/aromatic N) is 1. The Morgan fingerprint density at radius 3 is 2.55 bits per heavy atom. The normalized spacial score (nSPS) is 29.1. The monoisotopic (exact) mass is 314 g/mol. The summed E-state index contributed by atoms with van der Waals surface area (Å²) in [5.41, 5.74) is 0.921. The average Bonchev–Trinajstić information content (AvgIpc) is 2.93. The number of nitrogens with one attached hydrogen (secondary N) is 1. The second-order valence-electron chi connectivity index (χ2n) is 5.19. The van der Waals surface area contributed by atoms with Crippen LogP contribution in [0.1, 0.15) is 18.2 Å². The summed E-state index contributed by atoms with van der Waals surface area (Å²) in [6.45, 7) is 0.240. The van der Waals surface area contributed by atoms with Crippen LogP contribution in [0.5, 0.6) is 0 Å². The molecule has 2 saturated heterocycles. The van der Waals surface area contributed by atoms with E-state index in [1.54, 1.807) is 17.0 Å². The molecule has 1 N–H and O–H groups in total. The number of carbonyl (C=O) groups is 1. The molecule has 2 aliphatic rings. The Bertz CT molecular complexity index is 630. The van der Waals surface area contributed by atoms with E-state index in [1.165, 1.54) is 0 Å². The maximum Gasteiger partial charge on any atom is 0.238 e. The quantitative estimate of drug-likeness (QED) is 0.883. The zero-order valence-corrected chi connectivity index (χ0v) is 12.3. The van der Waals surface area contributed by atoms with Gasteiger partial charge in [-0.2, -0.15) is 0 Å². The topological polar surface area (TPSA) is 66.5 Å². The largest absolute Gasteiger partial charge is 0.318 e. The first-order valence-corrected chi connectivity index (χ1v) is 8.67. The SMILES string of the molecule is O=C1CNC(c2ccc(Cl)cc2)N1C1CCS(=O)(=O)C1. The summed E-state index contributed by atoms with van der Waals surface area (Å²) in [5, 5.41) is 3.77. The predicted octanol–water partition coefficient (Wildman–Crippen LogP) is 0.958. The van der Waals surface area contributed by atoms with Crippen LogP contribution < -0.4 is 5.32 Å². The molecule has 108 valence electrons. The number of sulfone groups is 1. The van der Waals surface area contributed by atoms with Crippen molar-refractivity contribution < 1.29 is 13.2 Å². The van der Waals surface area contributed by atoms with E-state index in [4.69, 9.17) is 11.6 Å². The zero-order valence-electron chi connectivity index (χ0n) is 10.8. The molecule has 1 aromatic rings. The van der Waals surface area contributed by atoms with Gasteiger partial charge in [0.15, 0.2) is 9.84 Å². The van der Waals surface area contributed by atoms with Crippen molar-refractivity contribution in [3.05, 3.63) is 34.9 Å². The van der Waals surface area contributed by atoms with Gasteiger partial charge < -0.3 is 4.90 Å². The van der Waals surface area contributed by atoms with E-state index >= 15 is 0 Å². The first-order chi connectivity index (χ1) is 9.46. The molecule has 0 bridgehead atoms. The van der Waals surface area contributed by atoms with Crippen LogP contribution in [0.25, 0.3) is 0 Å². The smallest absolute Gasteiger partial charge is 0.238 e. The summed E-state index contributed by atoms with van der Waals surface area (Å²) in [4.78, 5) is 13.7. The molecule has 2 unspecified atom stereocenters. The number of hydrogen-bond acceptors (Lipinski definition) is 4. The second kappa shape index (κ2) is 5.02. The molecule has 2 fully saturated rings. The van der Waals surface area contributed by atoms with Gasteiger partial charge >= 0.3 is 0 Å². The predicted molar refractivity (Wildman–Crippen MR) is 76.1 cm³/mol. The molecule has 5 nitrogen and oxygen atoms in total. The number of halogens is 1. The van der Waals surface area contributed by atoms with Gasteiger partial charge in [0.25, 0.3) is 0 Å². The van der Waals surface area contributed by atoms with E-state index < -0.39 is 9.84 Å². The molecular weight excluding hydrogens is 300 g/mol. The number of carbonyl (C=O) groups excluding carboxylic acids is 1. The molecule has 7 heteroatoms. The van der Waals surface area contributed by atoms with Gasteiger partial charge in [0, 0.05) is 11.1 Å². The summed E-state index contributed by atoms with van der Waals surface area (Å²) >= 11 is 5.87. The number of hydrogen-bond donors (Lipinski definition) is 1. The van der Waals surface area contributed by atoms with Gasteiger partial charge in [-0.1, -0.05) is 23.7 Å². The Labute approximate surface area is 122 Å².